The lowest BCUT2D eigenvalue weighted by Crippen LogP contribution is -2.53. The summed E-state index contributed by atoms with van der Waals surface area (Å²) in [4.78, 5) is 27.1. The van der Waals surface area contributed by atoms with Crippen LogP contribution in [0.25, 0.3) is 0 Å². The Morgan fingerprint density at radius 3 is 2.32 bits per heavy atom. The summed E-state index contributed by atoms with van der Waals surface area (Å²) < 4.78 is 88.5. The molecule has 3 aromatic carbocycles. The van der Waals surface area contributed by atoms with Gasteiger partial charge in [0.25, 0.3) is 0 Å². The van der Waals surface area contributed by atoms with Crippen LogP contribution in [0.2, 0.25) is 5.02 Å². The maximum Gasteiger partial charge on any atom is 0.416 e. The highest BCUT2D eigenvalue weighted by molar-refractivity contribution is 7.92. The van der Waals surface area contributed by atoms with Crippen molar-refractivity contribution in [2.45, 2.75) is 73.4 Å². The maximum absolute atomic E-state index is 14.7. The average Bonchev–Trinajstić information content (AvgIpc) is 3.45. The van der Waals surface area contributed by atoms with Gasteiger partial charge in [-0.15, -0.1) is 0 Å². The first kappa shape index (κ1) is 33.3. The molecule has 2 aliphatic carbocycles. The van der Waals surface area contributed by atoms with Crippen molar-refractivity contribution in [2.24, 2.45) is 11.8 Å². The number of ether oxygens (including phenoxy) is 1. The molecular formula is C34H32ClF4NO6S. The summed E-state index contributed by atoms with van der Waals surface area (Å²) >= 11 is 6.07. The third-order valence-corrected chi connectivity index (χ3v) is 12.8. The predicted molar refractivity (Wildman–Crippen MR) is 164 cm³/mol. The van der Waals surface area contributed by atoms with Crippen molar-refractivity contribution in [3.05, 3.63) is 93.8 Å². The fraction of sp³-hybridized carbons (Fsp3) is 0.412. The molecule has 0 unspecified atom stereocenters. The van der Waals surface area contributed by atoms with Crippen LogP contribution in [0, 0.1) is 17.7 Å². The molecule has 1 amide bonds. The molecule has 7 nitrogen and oxygen atoms in total. The van der Waals surface area contributed by atoms with E-state index in [1.54, 1.807) is 17.0 Å². The second-order valence-electron chi connectivity index (χ2n) is 12.4. The standard InChI is InChI=1S/C34H32ClF4NO6S/c35-23-9-12-25(13-10-23)47(44,45)33-16-17-40(31(41)20-4-6-21(7-5-20)32(42)43)30(33)15-8-22-18-24(11-14-27(22)33)46-19-26-28(34(37,38)39)2-1-3-29(26)36/h1-3,9-14,18,20-21,30H,4-8,15-17,19H2,(H,42,43)/t20?,21?,30-,33-/m1/s1. The number of rotatable bonds is 7. The summed E-state index contributed by atoms with van der Waals surface area (Å²) in [7, 11) is -4.15. The number of halogens is 5. The third-order valence-electron chi connectivity index (χ3n) is 9.98. The molecule has 3 aromatic rings. The van der Waals surface area contributed by atoms with Crippen molar-refractivity contribution >= 4 is 33.3 Å². The second-order valence-corrected chi connectivity index (χ2v) is 15.1. The van der Waals surface area contributed by atoms with E-state index in [1.165, 1.54) is 30.3 Å². The number of aliphatic carboxylic acids is 1. The Morgan fingerprint density at radius 2 is 1.66 bits per heavy atom. The molecular weight excluding hydrogens is 662 g/mol. The van der Waals surface area contributed by atoms with Crippen molar-refractivity contribution in [3.8, 4) is 5.75 Å². The number of carboxylic acid groups (broad SMARTS) is 1. The summed E-state index contributed by atoms with van der Waals surface area (Å²) in [6, 6.07) is 12.4. The number of carboxylic acids is 1. The van der Waals surface area contributed by atoms with Crippen LogP contribution >= 0.6 is 11.6 Å². The Balaban J connectivity index is 1.35. The van der Waals surface area contributed by atoms with Crippen molar-refractivity contribution in [1.29, 1.82) is 0 Å². The van der Waals surface area contributed by atoms with Crippen LogP contribution in [0.15, 0.2) is 65.6 Å². The lowest BCUT2D eigenvalue weighted by Gasteiger charge is -2.43. The molecule has 0 spiro atoms. The fourth-order valence-electron chi connectivity index (χ4n) is 7.63. The van der Waals surface area contributed by atoms with E-state index in [0.717, 1.165) is 18.2 Å². The average molecular weight is 694 g/mol. The van der Waals surface area contributed by atoms with Gasteiger partial charge in [-0.25, -0.2) is 12.8 Å². The molecule has 13 heteroatoms. The van der Waals surface area contributed by atoms with E-state index in [-0.39, 0.29) is 29.5 Å². The molecule has 6 rings (SSSR count). The minimum Gasteiger partial charge on any atom is -0.489 e. The van der Waals surface area contributed by atoms with Gasteiger partial charge in [-0.05, 0) is 105 Å². The van der Waals surface area contributed by atoms with Gasteiger partial charge in [-0.2, -0.15) is 13.2 Å². The van der Waals surface area contributed by atoms with Gasteiger partial charge in [0.15, 0.2) is 9.84 Å². The van der Waals surface area contributed by atoms with E-state index in [0.29, 0.717) is 54.7 Å². The van der Waals surface area contributed by atoms with Gasteiger partial charge < -0.3 is 14.7 Å². The lowest BCUT2D eigenvalue weighted by atomic mass is 9.77. The number of sulfone groups is 1. The van der Waals surface area contributed by atoms with E-state index in [1.807, 2.05) is 0 Å². The van der Waals surface area contributed by atoms with Gasteiger partial charge in [0.05, 0.1) is 22.4 Å². The van der Waals surface area contributed by atoms with Gasteiger partial charge in [-0.3, -0.25) is 9.59 Å². The van der Waals surface area contributed by atoms with E-state index in [9.17, 15) is 40.7 Å². The van der Waals surface area contributed by atoms with Crippen LogP contribution in [0.3, 0.4) is 0 Å². The largest absolute Gasteiger partial charge is 0.489 e. The second kappa shape index (κ2) is 12.4. The summed E-state index contributed by atoms with van der Waals surface area (Å²) in [5.41, 5.74) is -0.694. The topological polar surface area (TPSA) is 101 Å². The third kappa shape index (κ3) is 5.88. The number of nitrogens with zero attached hydrogens (tertiary/aromatic N) is 1. The Morgan fingerprint density at radius 1 is 0.979 bits per heavy atom. The molecule has 3 aliphatic rings. The lowest BCUT2D eigenvalue weighted by molar-refractivity contribution is -0.146. The van der Waals surface area contributed by atoms with Gasteiger partial charge >= 0.3 is 12.1 Å². The zero-order valence-corrected chi connectivity index (χ0v) is 26.7. The van der Waals surface area contributed by atoms with Crippen molar-refractivity contribution in [2.75, 3.05) is 6.54 Å². The predicted octanol–water partition coefficient (Wildman–Crippen LogP) is 7.18. The van der Waals surface area contributed by atoms with Crippen molar-refractivity contribution in [1.82, 2.24) is 4.90 Å². The number of alkyl halides is 3. The molecule has 2 atom stereocenters. The molecule has 0 bridgehead atoms. The number of fused-ring (bicyclic) bond motifs is 3. The van der Waals surface area contributed by atoms with E-state index < -0.39 is 68.2 Å². The van der Waals surface area contributed by atoms with Crippen molar-refractivity contribution < 1.29 is 45.4 Å². The van der Waals surface area contributed by atoms with Crippen LogP contribution in [-0.4, -0.2) is 42.9 Å². The first-order valence-electron chi connectivity index (χ1n) is 15.4. The molecule has 2 fully saturated rings. The molecule has 1 heterocycles. The van der Waals surface area contributed by atoms with Crippen LogP contribution in [0.4, 0.5) is 17.6 Å². The SMILES string of the molecule is O=C(O)C1CCC(C(=O)N2CC[C@@]3(S(=O)(=O)c4ccc(Cl)cc4)c4ccc(OCc5c(F)cccc5C(F)(F)F)cc4CC[C@@H]23)CC1. The number of aryl methyl sites for hydroxylation is 1. The van der Waals surface area contributed by atoms with Crippen LogP contribution in [0.5, 0.6) is 5.75 Å². The van der Waals surface area contributed by atoms with Gasteiger partial charge in [0.1, 0.15) is 22.9 Å². The zero-order chi connectivity index (χ0) is 33.7. The van der Waals surface area contributed by atoms with Gasteiger partial charge in [0.2, 0.25) is 5.91 Å². The van der Waals surface area contributed by atoms with E-state index >= 15 is 0 Å². The Hall–Kier alpha value is -3.64. The first-order valence-corrected chi connectivity index (χ1v) is 17.2. The van der Waals surface area contributed by atoms with E-state index in [4.69, 9.17) is 16.3 Å². The minimum absolute atomic E-state index is 0.0376. The Bertz CT molecular complexity index is 1810. The van der Waals surface area contributed by atoms with Crippen molar-refractivity contribution in [3.63, 3.8) is 0 Å². The molecule has 0 radical (unpaired) electrons. The number of carbonyl (C=O) groups excluding carboxylic acids is 1. The number of amides is 1. The number of likely N-dealkylation sites (tertiary alicyclic amines) is 1. The number of carbonyl (C=O) groups is 2. The van der Waals surface area contributed by atoms with Gasteiger partial charge in [-0.1, -0.05) is 23.7 Å². The highest BCUT2D eigenvalue weighted by Crippen LogP contribution is 2.54. The molecule has 1 saturated heterocycles. The number of hydrogen-bond donors (Lipinski definition) is 1. The van der Waals surface area contributed by atoms with Crippen LogP contribution in [-0.2, 0) is 43.4 Å². The molecule has 47 heavy (non-hydrogen) atoms. The highest BCUT2D eigenvalue weighted by Gasteiger charge is 2.61. The maximum atomic E-state index is 14.7. The number of hydrogen-bond acceptors (Lipinski definition) is 5. The zero-order valence-electron chi connectivity index (χ0n) is 25.1. The summed E-state index contributed by atoms with van der Waals surface area (Å²) in [5, 5.41) is 9.75. The molecule has 1 N–H and O–H groups in total. The normalized spacial score (nSPS) is 24.4. The monoisotopic (exact) mass is 693 g/mol. The molecule has 0 aromatic heterocycles. The van der Waals surface area contributed by atoms with Crippen LogP contribution in [0.1, 0.15) is 60.8 Å². The smallest absolute Gasteiger partial charge is 0.416 e. The Kier molecular flexibility index (Phi) is 8.80. The summed E-state index contributed by atoms with van der Waals surface area (Å²) in [5.74, 6) is -2.87. The number of benzene rings is 3. The quantitative estimate of drug-likeness (QED) is 0.263. The molecule has 1 aliphatic heterocycles. The summed E-state index contributed by atoms with van der Waals surface area (Å²) in [6.07, 6.45) is -2.45. The summed E-state index contributed by atoms with van der Waals surface area (Å²) in [6.45, 7) is -0.510. The molecule has 1 saturated carbocycles. The van der Waals surface area contributed by atoms with Gasteiger partial charge in [0, 0.05) is 23.0 Å². The molecule has 250 valence electrons. The van der Waals surface area contributed by atoms with Crippen LogP contribution < -0.4 is 4.74 Å². The Labute approximate surface area is 274 Å². The highest BCUT2D eigenvalue weighted by atomic mass is 35.5. The minimum atomic E-state index is -4.78. The fourth-order valence-corrected chi connectivity index (χ4v) is 10.1. The van der Waals surface area contributed by atoms with E-state index in [2.05, 4.69) is 0 Å². The first-order chi connectivity index (χ1) is 22.2.